The first-order chi connectivity index (χ1) is 13.1. The summed E-state index contributed by atoms with van der Waals surface area (Å²) in [7, 11) is 4.68. The lowest BCUT2D eigenvalue weighted by Gasteiger charge is -2.08. The van der Waals surface area contributed by atoms with Crippen LogP contribution in [0.5, 0.6) is 17.2 Å². The van der Waals surface area contributed by atoms with Crippen molar-refractivity contribution in [1.29, 1.82) is 0 Å². The molecule has 0 aliphatic heterocycles. The number of methoxy groups -OCH3 is 3. The Bertz CT molecular complexity index is 915. The van der Waals surface area contributed by atoms with Crippen LogP contribution in [-0.2, 0) is 11.3 Å². The summed E-state index contributed by atoms with van der Waals surface area (Å²) in [6, 6.07) is 12.6. The zero-order chi connectivity index (χ0) is 19.2. The molecule has 6 nitrogen and oxygen atoms in total. The van der Waals surface area contributed by atoms with Crippen LogP contribution in [0.25, 0.3) is 10.6 Å². The first-order valence-corrected chi connectivity index (χ1v) is 9.00. The van der Waals surface area contributed by atoms with Gasteiger partial charge in [-0.05, 0) is 24.3 Å². The summed E-state index contributed by atoms with van der Waals surface area (Å²) in [6.07, 6.45) is 0. The molecule has 0 bridgehead atoms. The molecular formula is C20H19NO5S. The Labute approximate surface area is 161 Å². The van der Waals surface area contributed by atoms with E-state index in [9.17, 15) is 4.79 Å². The third-order valence-corrected chi connectivity index (χ3v) is 4.75. The highest BCUT2D eigenvalue weighted by Crippen LogP contribution is 2.27. The molecule has 1 heterocycles. The van der Waals surface area contributed by atoms with Gasteiger partial charge in [-0.25, -0.2) is 9.78 Å². The molecule has 0 amide bonds. The van der Waals surface area contributed by atoms with E-state index in [1.165, 1.54) is 25.6 Å². The molecule has 1 aromatic heterocycles. The Hall–Kier alpha value is -3.06. The Balaban J connectivity index is 1.68. The maximum atomic E-state index is 12.3. The topological polar surface area (TPSA) is 66.9 Å². The summed E-state index contributed by atoms with van der Waals surface area (Å²) in [5, 5.41) is 2.71. The number of aromatic nitrogens is 1. The minimum atomic E-state index is -0.469. The Morgan fingerprint density at radius 2 is 1.67 bits per heavy atom. The highest BCUT2D eigenvalue weighted by Gasteiger charge is 2.13. The lowest BCUT2D eigenvalue weighted by Crippen LogP contribution is -2.06. The molecule has 2 aromatic carbocycles. The van der Waals surface area contributed by atoms with Crippen molar-refractivity contribution in [2.45, 2.75) is 6.61 Å². The molecule has 3 rings (SSSR count). The predicted molar refractivity (Wildman–Crippen MR) is 103 cm³/mol. The van der Waals surface area contributed by atoms with Crippen molar-refractivity contribution in [3.63, 3.8) is 0 Å². The summed E-state index contributed by atoms with van der Waals surface area (Å²) >= 11 is 1.48. The van der Waals surface area contributed by atoms with Crippen molar-refractivity contribution < 1.29 is 23.7 Å². The summed E-state index contributed by atoms with van der Waals surface area (Å²) in [5.41, 5.74) is 1.99. The van der Waals surface area contributed by atoms with Gasteiger partial charge in [-0.1, -0.05) is 12.1 Å². The van der Waals surface area contributed by atoms with Gasteiger partial charge in [-0.3, -0.25) is 0 Å². The molecule has 7 heteroatoms. The van der Waals surface area contributed by atoms with Crippen LogP contribution in [0.4, 0.5) is 0 Å². The van der Waals surface area contributed by atoms with Crippen molar-refractivity contribution in [1.82, 2.24) is 4.98 Å². The smallest absolute Gasteiger partial charge is 0.338 e. The molecule has 0 atom stereocenters. The molecule has 0 radical (unpaired) electrons. The summed E-state index contributed by atoms with van der Waals surface area (Å²) in [5.74, 6) is 1.34. The van der Waals surface area contributed by atoms with E-state index in [-0.39, 0.29) is 6.61 Å². The van der Waals surface area contributed by atoms with E-state index in [1.54, 1.807) is 25.3 Å². The quantitative estimate of drug-likeness (QED) is 0.568. The zero-order valence-electron chi connectivity index (χ0n) is 15.2. The second kappa shape index (κ2) is 8.55. The third-order valence-electron chi connectivity index (χ3n) is 3.81. The van der Waals surface area contributed by atoms with Gasteiger partial charge in [0.05, 0.1) is 32.6 Å². The van der Waals surface area contributed by atoms with E-state index in [0.29, 0.717) is 22.8 Å². The van der Waals surface area contributed by atoms with E-state index in [1.807, 2.05) is 29.6 Å². The Morgan fingerprint density at radius 1 is 0.963 bits per heavy atom. The number of thiazole rings is 1. The summed E-state index contributed by atoms with van der Waals surface area (Å²) < 4.78 is 21.0. The number of nitrogens with zero attached hydrogens (tertiary/aromatic N) is 1. The third kappa shape index (κ3) is 4.57. The highest BCUT2D eigenvalue weighted by atomic mass is 32.1. The molecule has 0 aliphatic rings. The van der Waals surface area contributed by atoms with Crippen LogP contribution in [0.15, 0.2) is 47.8 Å². The van der Waals surface area contributed by atoms with E-state index in [4.69, 9.17) is 18.9 Å². The van der Waals surface area contributed by atoms with Crippen molar-refractivity contribution in [3.8, 4) is 27.8 Å². The van der Waals surface area contributed by atoms with Crippen LogP contribution in [0.3, 0.4) is 0 Å². The molecule has 27 heavy (non-hydrogen) atoms. The van der Waals surface area contributed by atoms with E-state index in [2.05, 4.69) is 4.98 Å². The van der Waals surface area contributed by atoms with Crippen LogP contribution < -0.4 is 14.2 Å². The molecule has 0 saturated carbocycles. The molecule has 0 spiro atoms. The van der Waals surface area contributed by atoms with Crippen molar-refractivity contribution >= 4 is 17.3 Å². The number of carbonyl (C=O) groups excluding carboxylic acids is 1. The van der Waals surface area contributed by atoms with Gasteiger partial charge in [0, 0.05) is 17.0 Å². The fourth-order valence-electron chi connectivity index (χ4n) is 2.41. The summed E-state index contributed by atoms with van der Waals surface area (Å²) in [6.45, 7) is 0.0822. The predicted octanol–water partition coefficient (Wildman–Crippen LogP) is 4.19. The molecule has 0 saturated heterocycles. The Morgan fingerprint density at radius 3 is 2.33 bits per heavy atom. The molecule has 0 unspecified atom stereocenters. The zero-order valence-corrected chi connectivity index (χ0v) is 16.0. The van der Waals surface area contributed by atoms with Crippen LogP contribution in [0.2, 0.25) is 0 Å². The number of rotatable bonds is 7. The van der Waals surface area contributed by atoms with Crippen LogP contribution in [0.1, 0.15) is 16.1 Å². The second-order valence-electron chi connectivity index (χ2n) is 5.55. The van der Waals surface area contributed by atoms with Gasteiger partial charge in [-0.2, -0.15) is 0 Å². The normalized spacial score (nSPS) is 10.3. The van der Waals surface area contributed by atoms with E-state index >= 15 is 0 Å². The minimum absolute atomic E-state index is 0.0822. The maximum Gasteiger partial charge on any atom is 0.338 e. The van der Waals surface area contributed by atoms with Gasteiger partial charge in [0.25, 0.3) is 0 Å². The van der Waals surface area contributed by atoms with Crippen molar-refractivity contribution in [3.05, 3.63) is 59.1 Å². The van der Waals surface area contributed by atoms with Gasteiger partial charge in [-0.15, -0.1) is 11.3 Å². The first kappa shape index (κ1) is 18.7. The lowest BCUT2D eigenvalue weighted by atomic mass is 10.2. The second-order valence-corrected chi connectivity index (χ2v) is 6.41. The SMILES string of the molecule is COc1cc(OC)cc(C(=O)OCc2csc(-c3cccc(OC)c3)n2)c1. The fraction of sp³-hybridized carbons (Fsp3) is 0.200. The van der Waals surface area contributed by atoms with Gasteiger partial charge in [0.1, 0.15) is 28.9 Å². The van der Waals surface area contributed by atoms with Crippen LogP contribution in [0, 0.1) is 0 Å². The van der Waals surface area contributed by atoms with Crippen molar-refractivity contribution in [2.75, 3.05) is 21.3 Å². The standard InChI is InChI=1S/C20H19NO5S/c1-23-16-6-4-5-13(7-16)19-21-15(12-27-19)11-26-20(22)14-8-17(24-2)10-18(9-14)25-3/h4-10,12H,11H2,1-3H3. The van der Waals surface area contributed by atoms with Gasteiger partial charge >= 0.3 is 5.97 Å². The number of hydrogen-bond donors (Lipinski definition) is 0. The fourth-order valence-corrected chi connectivity index (χ4v) is 3.21. The number of benzene rings is 2. The molecule has 0 aliphatic carbocycles. The number of ether oxygens (including phenoxy) is 4. The molecule has 0 fully saturated rings. The minimum Gasteiger partial charge on any atom is -0.497 e. The number of carbonyl (C=O) groups is 1. The van der Waals surface area contributed by atoms with Crippen LogP contribution >= 0.6 is 11.3 Å². The monoisotopic (exact) mass is 385 g/mol. The largest absolute Gasteiger partial charge is 0.497 e. The first-order valence-electron chi connectivity index (χ1n) is 8.12. The lowest BCUT2D eigenvalue weighted by molar-refractivity contribution is 0.0467. The van der Waals surface area contributed by atoms with Gasteiger partial charge < -0.3 is 18.9 Å². The van der Waals surface area contributed by atoms with Crippen LogP contribution in [-0.4, -0.2) is 32.3 Å². The molecule has 3 aromatic rings. The maximum absolute atomic E-state index is 12.3. The summed E-state index contributed by atoms with van der Waals surface area (Å²) in [4.78, 5) is 16.9. The number of hydrogen-bond acceptors (Lipinski definition) is 7. The number of esters is 1. The average molecular weight is 385 g/mol. The van der Waals surface area contributed by atoms with Crippen molar-refractivity contribution in [2.24, 2.45) is 0 Å². The van der Waals surface area contributed by atoms with Gasteiger partial charge in [0.15, 0.2) is 0 Å². The molecule has 0 N–H and O–H groups in total. The Kier molecular flexibility index (Phi) is 5.93. The van der Waals surface area contributed by atoms with E-state index in [0.717, 1.165) is 16.3 Å². The van der Waals surface area contributed by atoms with Gasteiger partial charge in [0.2, 0.25) is 0 Å². The highest BCUT2D eigenvalue weighted by molar-refractivity contribution is 7.13. The van der Waals surface area contributed by atoms with E-state index < -0.39 is 5.97 Å². The molecular weight excluding hydrogens is 366 g/mol. The average Bonchev–Trinajstić information content (AvgIpc) is 3.20. The molecule has 140 valence electrons.